The Morgan fingerprint density at radius 3 is 2.65 bits per heavy atom. The maximum Gasteiger partial charge on any atom is 0.416 e. The van der Waals surface area contributed by atoms with E-state index in [1.165, 1.54) is 27.8 Å². The predicted octanol–water partition coefficient (Wildman–Crippen LogP) is 3.77. The Balaban J connectivity index is 1.24. The van der Waals surface area contributed by atoms with E-state index in [0.717, 1.165) is 28.3 Å². The second kappa shape index (κ2) is 12.0. The summed E-state index contributed by atoms with van der Waals surface area (Å²) in [5.74, 6) is -0.972. The van der Waals surface area contributed by atoms with Crippen LogP contribution < -0.4 is 10.9 Å². The number of carbonyl (C=O) groups is 2. The van der Waals surface area contributed by atoms with Crippen molar-refractivity contribution in [1.82, 2.24) is 29.0 Å². The molecule has 0 radical (unpaired) electrons. The number of piperidine rings is 1. The van der Waals surface area contributed by atoms with Gasteiger partial charge in [0.2, 0.25) is 11.7 Å². The largest absolute Gasteiger partial charge is 0.505 e. The lowest BCUT2D eigenvalue weighted by Crippen LogP contribution is -2.47. The van der Waals surface area contributed by atoms with Crippen LogP contribution >= 0.6 is 11.6 Å². The van der Waals surface area contributed by atoms with Crippen molar-refractivity contribution in [2.45, 2.75) is 44.2 Å². The van der Waals surface area contributed by atoms with Crippen molar-refractivity contribution in [3.8, 4) is 5.75 Å². The first-order chi connectivity index (χ1) is 22.9. The molecule has 4 aromatic rings. The molecular formula is C31H27ClF3N7O6. The van der Waals surface area contributed by atoms with Crippen LogP contribution in [0.4, 0.5) is 18.9 Å². The summed E-state index contributed by atoms with van der Waals surface area (Å²) < 4.78 is 53.8. The zero-order valence-electron chi connectivity index (χ0n) is 25.1. The minimum Gasteiger partial charge on any atom is -0.505 e. The summed E-state index contributed by atoms with van der Waals surface area (Å²) in [6.45, 7) is 0.726. The van der Waals surface area contributed by atoms with Crippen molar-refractivity contribution in [2.75, 3.05) is 31.6 Å². The van der Waals surface area contributed by atoms with E-state index in [1.807, 2.05) is 6.08 Å². The molecule has 1 fully saturated rings. The number of benzene rings is 1. The fourth-order valence-electron chi connectivity index (χ4n) is 6.32. The molecule has 0 unspecified atom stereocenters. The summed E-state index contributed by atoms with van der Waals surface area (Å²) in [4.78, 5) is 50.8. The Bertz CT molecular complexity index is 2050. The van der Waals surface area contributed by atoms with E-state index in [0.29, 0.717) is 31.2 Å². The van der Waals surface area contributed by atoms with Crippen LogP contribution in [0.5, 0.6) is 5.75 Å². The SMILES string of the molecule is O=C(Cn1c2c(c(=O)n3nc(C4=CCOCC4)nc13)C1(CCN(C(=O)c3ncccc3O)CC1)OC2)Nc1ccc(C(F)(F)F)cc1Cl. The van der Waals surface area contributed by atoms with E-state index in [4.69, 9.17) is 21.1 Å². The predicted molar refractivity (Wildman–Crippen MR) is 163 cm³/mol. The van der Waals surface area contributed by atoms with Crippen molar-refractivity contribution in [2.24, 2.45) is 0 Å². The molecule has 6 heterocycles. The number of hydrogen-bond acceptors (Lipinski definition) is 9. The van der Waals surface area contributed by atoms with E-state index in [1.54, 1.807) is 0 Å². The second-order valence-corrected chi connectivity index (χ2v) is 12.0. The number of nitrogens with zero attached hydrogens (tertiary/aromatic N) is 6. The van der Waals surface area contributed by atoms with Crippen molar-refractivity contribution in [3.05, 3.63) is 86.3 Å². The van der Waals surface area contributed by atoms with Crippen molar-refractivity contribution in [1.29, 1.82) is 0 Å². The summed E-state index contributed by atoms with van der Waals surface area (Å²) in [6, 6.07) is 5.49. The first-order valence-corrected chi connectivity index (χ1v) is 15.4. The van der Waals surface area contributed by atoms with Crippen molar-refractivity contribution < 1.29 is 37.3 Å². The first kappa shape index (κ1) is 31.8. The zero-order valence-corrected chi connectivity index (χ0v) is 25.8. The van der Waals surface area contributed by atoms with Gasteiger partial charge in [0, 0.05) is 19.3 Å². The molecule has 1 spiro atoms. The highest BCUT2D eigenvalue weighted by molar-refractivity contribution is 6.33. The fourth-order valence-corrected chi connectivity index (χ4v) is 6.55. The molecule has 48 heavy (non-hydrogen) atoms. The quantitative estimate of drug-likeness (QED) is 0.320. The van der Waals surface area contributed by atoms with Crippen LogP contribution in [0.3, 0.4) is 0 Å². The van der Waals surface area contributed by atoms with Gasteiger partial charge in [0.25, 0.3) is 11.5 Å². The number of pyridine rings is 1. The number of halogens is 4. The Morgan fingerprint density at radius 2 is 1.96 bits per heavy atom. The summed E-state index contributed by atoms with van der Waals surface area (Å²) in [5, 5.41) is 16.9. The minimum atomic E-state index is -4.61. The fraction of sp³-hybridized carbons (Fsp3) is 0.355. The van der Waals surface area contributed by atoms with Gasteiger partial charge in [-0.05, 0) is 55.2 Å². The van der Waals surface area contributed by atoms with Gasteiger partial charge in [0.15, 0.2) is 11.5 Å². The third-order valence-electron chi connectivity index (χ3n) is 8.76. The molecule has 17 heteroatoms. The number of carbonyl (C=O) groups excluding carboxylic acids is 2. The Kier molecular flexibility index (Phi) is 7.96. The topological polar surface area (TPSA) is 153 Å². The van der Waals surface area contributed by atoms with Gasteiger partial charge >= 0.3 is 6.18 Å². The Morgan fingerprint density at radius 1 is 1.17 bits per heavy atom. The molecule has 0 saturated carbocycles. The molecule has 0 atom stereocenters. The van der Waals surface area contributed by atoms with Crippen LogP contribution in [-0.2, 0) is 39.2 Å². The smallest absolute Gasteiger partial charge is 0.416 e. The number of aromatic nitrogens is 5. The number of fused-ring (bicyclic) bond motifs is 3. The number of alkyl halides is 3. The molecular weight excluding hydrogens is 659 g/mol. The number of amides is 2. The number of nitrogens with one attached hydrogen (secondary N) is 1. The van der Waals surface area contributed by atoms with Gasteiger partial charge in [0.05, 0.1) is 47.4 Å². The Labute approximate surface area is 274 Å². The van der Waals surface area contributed by atoms with Gasteiger partial charge in [-0.1, -0.05) is 17.7 Å². The van der Waals surface area contributed by atoms with Crippen molar-refractivity contribution >= 4 is 40.5 Å². The monoisotopic (exact) mass is 685 g/mol. The molecule has 250 valence electrons. The van der Waals surface area contributed by atoms with E-state index >= 15 is 0 Å². The average Bonchev–Trinajstić information content (AvgIpc) is 3.68. The number of anilines is 1. The summed E-state index contributed by atoms with van der Waals surface area (Å²) in [7, 11) is 0. The molecule has 2 N–H and O–H groups in total. The molecule has 1 saturated heterocycles. The van der Waals surface area contributed by atoms with Crippen LogP contribution in [0.25, 0.3) is 11.4 Å². The van der Waals surface area contributed by atoms with Gasteiger partial charge in [-0.15, -0.1) is 5.10 Å². The number of aromatic hydroxyl groups is 1. The molecule has 0 bridgehead atoms. The molecule has 2 amide bonds. The van der Waals surface area contributed by atoms with Gasteiger partial charge in [-0.3, -0.25) is 14.4 Å². The third kappa shape index (κ3) is 5.58. The maximum absolute atomic E-state index is 14.1. The van der Waals surface area contributed by atoms with Gasteiger partial charge < -0.3 is 29.4 Å². The molecule has 1 aromatic carbocycles. The minimum absolute atomic E-state index is 0.0263. The van der Waals surface area contributed by atoms with Crippen LogP contribution in [0.15, 0.2) is 47.4 Å². The van der Waals surface area contributed by atoms with Crippen molar-refractivity contribution in [3.63, 3.8) is 0 Å². The summed E-state index contributed by atoms with van der Waals surface area (Å²) in [5.41, 5.74) is -1.22. The molecule has 13 nitrogen and oxygen atoms in total. The standard InChI is InChI=1S/C31H27ClF3N7O6/c32-19-14-18(31(33,34)35)3-4-20(19)37-23(44)15-41-21-16-48-30(7-10-40(11-8-30)28(46)25-22(43)2-1-9-36-25)24(21)27(45)42-29(41)38-26(39-42)17-5-12-47-13-6-17/h1-5,9,14,43H,6-8,10-13,15-16H2,(H,37,44). The molecule has 3 aromatic heterocycles. The lowest BCUT2D eigenvalue weighted by atomic mass is 9.85. The molecule has 3 aliphatic heterocycles. The second-order valence-electron chi connectivity index (χ2n) is 11.6. The van der Waals surface area contributed by atoms with Gasteiger partial charge in [0.1, 0.15) is 17.9 Å². The van der Waals surface area contributed by atoms with Crippen LogP contribution in [-0.4, -0.2) is 72.3 Å². The number of rotatable bonds is 5. The van der Waals surface area contributed by atoms with Crippen LogP contribution in [0.2, 0.25) is 5.02 Å². The number of likely N-dealkylation sites (tertiary alicyclic amines) is 1. The normalized spacial score (nSPS) is 17.4. The highest BCUT2D eigenvalue weighted by atomic mass is 35.5. The summed E-state index contributed by atoms with van der Waals surface area (Å²) >= 11 is 6.09. The maximum atomic E-state index is 14.1. The molecule has 0 aliphatic carbocycles. The zero-order chi connectivity index (χ0) is 33.8. The van der Waals surface area contributed by atoms with E-state index in [2.05, 4.69) is 20.4 Å². The highest BCUT2D eigenvalue weighted by Crippen LogP contribution is 2.43. The molecule has 7 rings (SSSR count). The lowest BCUT2D eigenvalue weighted by Gasteiger charge is -2.38. The highest BCUT2D eigenvalue weighted by Gasteiger charge is 2.48. The van der Waals surface area contributed by atoms with E-state index < -0.39 is 41.3 Å². The average molecular weight is 686 g/mol. The molecule has 3 aliphatic rings. The Hall–Kier alpha value is -4.80. The number of ether oxygens (including phenoxy) is 2. The lowest BCUT2D eigenvalue weighted by molar-refractivity contribution is -0.137. The van der Waals surface area contributed by atoms with Crippen LogP contribution in [0, 0.1) is 0 Å². The third-order valence-corrected chi connectivity index (χ3v) is 9.08. The van der Waals surface area contributed by atoms with Gasteiger partial charge in [-0.25, -0.2) is 4.98 Å². The first-order valence-electron chi connectivity index (χ1n) is 15.0. The van der Waals surface area contributed by atoms with E-state index in [9.17, 15) is 32.7 Å². The van der Waals surface area contributed by atoms with Gasteiger partial charge in [-0.2, -0.15) is 22.7 Å². The van der Waals surface area contributed by atoms with Crippen LogP contribution in [0.1, 0.15) is 52.4 Å². The summed E-state index contributed by atoms with van der Waals surface area (Å²) in [6.07, 6.45) is -0.405. The number of hydrogen-bond donors (Lipinski definition) is 2. The van der Waals surface area contributed by atoms with E-state index in [-0.39, 0.29) is 66.0 Å².